The molecule has 1 rings (SSSR count). The van der Waals surface area contributed by atoms with E-state index in [1.165, 1.54) is 38.3 Å². The highest BCUT2D eigenvalue weighted by Gasteiger charge is 2.22. The van der Waals surface area contributed by atoms with Crippen LogP contribution in [0.5, 0.6) is 0 Å². The van der Waals surface area contributed by atoms with Gasteiger partial charge in [-0.1, -0.05) is 0 Å². The molecule has 0 aromatic heterocycles. The number of hydrogen-bond donors (Lipinski definition) is 2. The SMILES string of the molecule is COC(=O)[C@H](C)NS(=O)(=O)c1ccc(N)cc1. The summed E-state index contributed by atoms with van der Waals surface area (Å²) in [6, 6.07) is 4.72. The highest BCUT2D eigenvalue weighted by atomic mass is 32.2. The maximum Gasteiger partial charge on any atom is 0.323 e. The minimum atomic E-state index is -3.74. The summed E-state index contributed by atoms with van der Waals surface area (Å²) in [5.74, 6) is -0.649. The lowest BCUT2D eigenvalue weighted by Crippen LogP contribution is -2.39. The van der Waals surface area contributed by atoms with Crippen molar-refractivity contribution in [2.45, 2.75) is 17.9 Å². The molecule has 0 amide bonds. The van der Waals surface area contributed by atoms with E-state index in [0.29, 0.717) is 5.69 Å². The lowest BCUT2D eigenvalue weighted by atomic mass is 10.3. The van der Waals surface area contributed by atoms with E-state index in [2.05, 4.69) is 9.46 Å². The van der Waals surface area contributed by atoms with E-state index in [1.54, 1.807) is 0 Å². The van der Waals surface area contributed by atoms with E-state index in [1.807, 2.05) is 0 Å². The van der Waals surface area contributed by atoms with Crippen molar-refractivity contribution in [3.05, 3.63) is 24.3 Å². The van der Waals surface area contributed by atoms with E-state index < -0.39 is 22.0 Å². The Morgan fingerprint density at radius 2 is 1.88 bits per heavy atom. The summed E-state index contributed by atoms with van der Waals surface area (Å²) >= 11 is 0. The Bertz CT molecular complexity index is 496. The third-order valence-corrected chi connectivity index (χ3v) is 3.63. The molecule has 0 saturated heterocycles. The van der Waals surface area contributed by atoms with Gasteiger partial charge in [0.25, 0.3) is 0 Å². The molecule has 0 aliphatic heterocycles. The zero-order valence-electron chi connectivity index (χ0n) is 9.51. The second-order valence-corrected chi connectivity index (χ2v) is 5.15. The molecular weight excluding hydrogens is 244 g/mol. The van der Waals surface area contributed by atoms with E-state index in [0.717, 1.165) is 0 Å². The molecule has 1 aromatic carbocycles. The lowest BCUT2D eigenvalue weighted by molar-refractivity contribution is -0.142. The fraction of sp³-hybridized carbons (Fsp3) is 0.300. The number of benzene rings is 1. The molecule has 0 aliphatic rings. The Morgan fingerprint density at radius 1 is 1.35 bits per heavy atom. The fourth-order valence-electron chi connectivity index (χ4n) is 1.17. The molecule has 6 nitrogen and oxygen atoms in total. The summed E-state index contributed by atoms with van der Waals surface area (Å²) in [6.45, 7) is 1.40. The second-order valence-electron chi connectivity index (χ2n) is 3.44. The Hall–Kier alpha value is -1.60. The largest absolute Gasteiger partial charge is 0.468 e. The number of nitrogen functional groups attached to an aromatic ring is 1. The first-order chi connectivity index (χ1) is 7.86. The predicted octanol–water partition coefficient (Wildman–Crippen LogP) is 0.109. The number of esters is 1. The van der Waals surface area contributed by atoms with Crippen LogP contribution in [0.3, 0.4) is 0 Å². The Labute approximate surface area is 99.8 Å². The van der Waals surface area contributed by atoms with Gasteiger partial charge in [-0.2, -0.15) is 4.72 Å². The quantitative estimate of drug-likeness (QED) is 0.590. The van der Waals surface area contributed by atoms with Crippen LogP contribution in [-0.4, -0.2) is 27.5 Å². The number of hydrogen-bond acceptors (Lipinski definition) is 5. The third-order valence-electron chi connectivity index (χ3n) is 2.08. The minimum Gasteiger partial charge on any atom is -0.468 e. The van der Waals surface area contributed by atoms with Gasteiger partial charge in [-0.05, 0) is 31.2 Å². The standard InChI is InChI=1S/C10H14N2O4S/c1-7(10(13)16-2)12-17(14,15)9-5-3-8(11)4-6-9/h3-7,12H,11H2,1-2H3/t7-/m0/s1. The molecule has 17 heavy (non-hydrogen) atoms. The van der Waals surface area contributed by atoms with E-state index >= 15 is 0 Å². The normalized spacial score (nSPS) is 13.1. The smallest absolute Gasteiger partial charge is 0.323 e. The monoisotopic (exact) mass is 258 g/mol. The van der Waals surface area contributed by atoms with Crippen LogP contribution in [0, 0.1) is 0 Å². The second kappa shape index (κ2) is 5.15. The molecule has 0 spiro atoms. The molecule has 3 N–H and O–H groups in total. The van der Waals surface area contributed by atoms with E-state index in [9.17, 15) is 13.2 Å². The maximum atomic E-state index is 11.8. The van der Waals surface area contributed by atoms with Gasteiger partial charge in [0.2, 0.25) is 10.0 Å². The number of anilines is 1. The van der Waals surface area contributed by atoms with Gasteiger partial charge in [-0.3, -0.25) is 4.79 Å². The van der Waals surface area contributed by atoms with Crippen molar-refractivity contribution in [1.29, 1.82) is 0 Å². The van der Waals surface area contributed by atoms with Crippen LogP contribution in [0.4, 0.5) is 5.69 Å². The summed E-state index contributed by atoms with van der Waals surface area (Å²) in [4.78, 5) is 11.1. The van der Waals surface area contributed by atoms with Crippen LogP contribution in [0.2, 0.25) is 0 Å². The van der Waals surface area contributed by atoms with Gasteiger partial charge < -0.3 is 10.5 Å². The van der Waals surface area contributed by atoms with Crippen LogP contribution < -0.4 is 10.5 Å². The van der Waals surface area contributed by atoms with E-state index in [4.69, 9.17) is 5.73 Å². The highest BCUT2D eigenvalue weighted by Crippen LogP contribution is 2.11. The molecule has 1 aromatic rings. The third kappa shape index (κ3) is 3.43. The van der Waals surface area contributed by atoms with Gasteiger partial charge in [-0.25, -0.2) is 8.42 Å². The maximum absolute atomic E-state index is 11.8. The summed E-state index contributed by atoms with van der Waals surface area (Å²) in [5, 5.41) is 0. The minimum absolute atomic E-state index is 0.0439. The molecule has 0 unspecified atom stereocenters. The Morgan fingerprint density at radius 3 is 2.35 bits per heavy atom. The van der Waals surface area contributed by atoms with E-state index in [-0.39, 0.29) is 4.90 Å². The number of rotatable bonds is 4. The molecule has 0 aliphatic carbocycles. The highest BCUT2D eigenvalue weighted by molar-refractivity contribution is 7.89. The van der Waals surface area contributed by atoms with Gasteiger partial charge in [0.1, 0.15) is 6.04 Å². The van der Waals surface area contributed by atoms with Crippen molar-refractivity contribution >= 4 is 21.7 Å². The van der Waals surface area contributed by atoms with Crippen molar-refractivity contribution in [1.82, 2.24) is 4.72 Å². The van der Waals surface area contributed by atoms with Crippen LogP contribution >= 0.6 is 0 Å². The fourth-order valence-corrected chi connectivity index (χ4v) is 2.36. The molecular formula is C10H14N2O4S. The van der Waals surface area contributed by atoms with Crippen LogP contribution in [0.25, 0.3) is 0 Å². The summed E-state index contributed by atoms with van der Waals surface area (Å²) < 4.78 is 30.3. The van der Waals surface area contributed by atoms with Crippen molar-refractivity contribution in [2.75, 3.05) is 12.8 Å². The van der Waals surface area contributed by atoms with Gasteiger partial charge in [0.05, 0.1) is 12.0 Å². The van der Waals surface area contributed by atoms with Crippen molar-refractivity contribution < 1.29 is 17.9 Å². The Balaban J connectivity index is 2.89. The molecule has 0 fully saturated rings. The zero-order valence-corrected chi connectivity index (χ0v) is 10.3. The Kier molecular flexibility index (Phi) is 4.08. The van der Waals surface area contributed by atoms with Crippen LogP contribution in [0.15, 0.2) is 29.2 Å². The predicted molar refractivity (Wildman–Crippen MR) is 62.7 cm³/mol. The first-order valence-electron chi connectivity index (χ1n) is 4.82. The molecule has 0 heterocycles. The van der Waals surface area contributed by atoms with Crippen molar-refractivity contribution in [3.63, 3.8) is 0 Å². The number of sulfonamides is 1. The topological polar surface area (TPSA) is 98.5 Å². The van der Waals surface area contributed by atoms with Crippen molar-refractivity contribution in [2.24, 2.45) is 0 Å². The van der Waals surface area contributed by atoms with Gasteiger partial charge >= 0.3 is 5.97 Å². The number of nitrogens with two attached hydrogens (primary N) is 1. The number of ether oxygens (including phenoxy) is 1. The number of carbonyl (C=O) groups excluding carboxylic acids is 1. The molecule has 0 saturated carbocycles. The zero-order chi connectivity index (χ0) is 13.1. The van der Waals surface area contributed by atoms with Crippen LogP contribution in [0.1, 0.15) is 6.92 Å². The first-order valence-corrected chi connectivity index (χ1v) is 6.31. The van der Waals surface area contributed by atoms with Gasteiger partial charge in [-0.15, -0.1) is 0 Å². The average molecular weight is 258 g/mol. The molecule has 94 valence electrons. The molecule has 7 heteroatoms. The number of carbonyl (C=O) groups is 1. The first kappa shape index (κ1) is 13.5. The molecule has 0 bridgehead atoms. The molecule has 0 radical (unpaired) electrons. The van der Waals surface area contributed by atoms with Crippen LogP contribution in [-0.2, 0) is 19.6 Å². The summed E-state index contributed by atoms with van der Waals surface area (Å²) in [6.07, 6.45) is 0. The average Bonchev–Trinajstić information content (AvgIpc) is 2.27. The lowest BCUT2D eigenvalue weighted by Gasteiger charge is -2.12. The van der Waals surface area contributed by atoms with Gasteiger partial charge in [0.15, 0.2) is 0 Å². The van der Waals surface area contributed by atoms with Crippen molar-refractivity contribution in [3.8, 4) is 0 Å². The summed E-state index contributed by atoms with van der Waals surface area (Å²) in [7, 11) is -2.55. The number of methoxy groups -OCH3 is 1. The molecule has 1 atom stereocenters. The number of nitrogens with one attached hydrogen (secondary N) is 1. The summed E-state index contributed by atoms with van der Waals surface area (Å²) in [5.41, 5.74) is 5.91. The van der Waals surface area contributed by atoms with Gasteiger partial charge in [0, 0.05) is 5.69 Å².